The summed E-state index contributed by atoms with van der Waals surface area (Å²) in [7, 11) is 0. The van der Waals surface area contributed by atoms with E-state index < -0.39 is 16.2 Å². The number of rotatable bonds is 12. The Morgan fingerprint density at radius 1 is 0.386 bits per heavy atom. The SMILES string of the molecule is CC(C)c1cc(O)ccc1C(C)(CCC(c1ccc(O)cc1O)(c1ccc(O)cc1O)C(C)(c1ccc(O)cc1)c1ccc(O)cc1)c1ccc(O)cc1C(C)C. The Morgan fingerprint density at radius 2 is 0.702 bits per heavy atom. The van der Waals surface area contributed by atoms with Crippen LogP contribution < -0.4 is 0 Å². The van der Waals surface area contributed by atoms with Gasteiger partial charge in [0.05, 0.1) is 0 Å². The molecule has 57 heavy (non-hydrogen) atoms. The quantitative estimate of drug-likeness (QED) is 0.0610. The summed E-state index contributed by atoms with van der Waals surface area (Å²) in [4.78, 5) is 0. The molecule has 0 radical (unpaired) electrons. The van der Waals surface area contributed by atoms with Crippen LogP contribution in [0.25, 0.3) is 0 Å². The third-order valence-corrected chi connectivity index (χ3v) is 12.1. The van der Waals surface area contributed by atoms with Crippen molar-refractivity contribution in [2.45, 2.75) is 82.5 Å². The molecule has 0 aliphatic carbocycles. The second-order valence-electron chi connectivity index (χ2n) is 16.2. The van der Waals surface area contributed by atoms with Crippen LogP contribution in [0.15, 0.2) is 121 Å². The van der Waals surface area contributed by atoms with E-state index in [1.807, 2.05) is 19.1 Å². The first-order chi connectivity index (χ1) is 26.9. The number of benzene rings is 6. The number of hydrogen-bond acceptors (Lipinski definition) is 8. The monoisotopic (exact) mass is 768 g/mol. The maximum absolute atomic E-state index is 12.1. The van der Waals surface area contributed by atoms with Crippen LogP contribution in [0.3, 0.4) is 0 Å². The van der Waals surface area contributed by atoms with E-state index in [1.165, 1.54) is 24.3 Å². The topological polar surface area (TPSA) is 162 Å². The molecule has 6 aromatic rings. The van der Waals surface area contributed by atoms with Crippen LogP contribution in [0.4, 0.5) is 0 Å². The number of hydrogen-bond donors (Lipinski definition) is 8. The van der Waals surface area contributed by atoms with E-state index in [4.69, 9.17) is 0 Å². The van der Waals surface area contributed by atoms with Gasteiger partial charge < -0.3 is 40.9 Å². The predicted octanol–water partition coefficient (Wildman–Crippen LogP) is 10.7. The molecule has 296 valence electrons. The Labute approximate surface area is 334 Å². The van der Waals surface area contributed by atoms with E-state index in [2.05, 4.69) is 34.6 Å². The van der Waals surface area contributed by atoms with Gasteiger partial charge in [-0.25, -0.2) is 0 Å². The van der Waals surface area contributed by atoms with Crippen molar-refractivity contribution in [2.75, 3.05) is 0 Å². The highest BCUT2D eigenvalue weighted by Gasteiger charge is 2.56. The van der Waals surface area contributed by atoms with Crippen molar-refractivity contribution in [1.82, 2.24) is 0 Å². The lowest BCUT2D eigenvalue weighted by atomic mass is 9.49. The standard InChI is InChI=1S/C49H52O8/c1-29(2)39-25-35(52)15-19-41(39)47(5,42-20-16-36(53)26-40(42)30(3)4)23-24-49(43-21-17-37(54)27-45(43)56,44-22-18-38(55)28-46(44)57)48(6,31-7-11-33(50)12-8-31)32-9-13-34(51)14-10-32/h7-22,25-30,50-57H,23-24H2,1-6H3. The van der Waals surface area contributed by atoms with Crippen molar-refractivity contribution < 1.29 is 40.9 Å². The van der Waals surface area contributed by atoms with Crippen LogP contribution >= 0.6 is 0 Å². The molecule has 0 amide bonds. The Balaban J connectivity index is 1.80. The lowest BCUT2D eigenvalue weighted by molar-refractivity contribution is 0.263. The first-order valence-electron chi connectivity index (χ1n) is 19.2. The van der Waals surface area contributed by atoms with Gasteiger partial charge in [0, 0.05) is 39.5 Å². The largest absolute Gasteiger partial charge is 0.508 e. The third-order valence-electron chi connectivity index (χ3n) is 12.1. The van der Waals surface area contributed by atoms with Crippen molar-refractivity contribution in [3.8, 4) is 46.0 Å². The van der Waals surface area contributed by atoms with Gasteiger partial charge in [0.15, 0.2) is 0 Å². The van der Waals surface area contributed by atoms with Gasteiger partial charge in [-0.3, -0.25) is 0 Å². The number of phenolic OH excluding ortho intramolecular Hbond substituents is 8. The summed E-state index contributed by atoms with van der Waals surface area (Å²) in [6, 6.07) is 33.1. The van der Waals surface area contributed by atoms with Gasteiger partial charge in [-0.2, -0.15) is 0 Å². The summed E-state index contributed by atoms with van der Waals surface area (Å²) in [6.45, 7) is 12.4. The molecule has 8 nitrogen and oxygen atoms in total. The summed E-state index contributed by atoms with van der Waals surface area (Å²) in [5.41, 5.74) is 2.27. The highest BCUT2D eigenvalue weighted by atomic mass is 16.3. The summed E-state index contributed by atoms with van der Waals surface area (Å²) in [5.74, 6) is -0.502. The smallest absolute Gasteiger partial charge is 0.123 e. The molecule has 0 heterocycles. The van der Waals surface area contributed by atoms with E-state index in [0.717, 1.165) is 22.3 Å². The summed E-state index contributed by atoms with van der Waals surface area (Å²) in [6.07, 6.45) is 0.531. The minimum absolute atomic E-state index is 0.00246. The Hall–Kier alpha value is -6.28. The molecular formula is C49H52O8. The molecule has 0 fully saturated rings. The highest BCUT2D eigenvalue weighted by Crippen LogP contribution is 2.61. The van der Waals surface area contributed by atoms with Gasteiger partial charge in [0.1, 0.15) is 46.0 Å². The van der Waals surface area contributed by atoms with Gasteiger partial charge in [-0.15, -0.1) is 0 Å². The lowest BCUT2D eigenvalue weighted by Crippen LogP contribution is -2.50. The zero-order valence-corrected chi connectivity index (χ0v) is 33.2. The first kappa shape index (κ1) is 40.4. The van der Waals surface area contributed by atoms with Crippen LogP contribution in [0.1, 0.15) is 111 Å². The maximum atomic E-state index is 12.1. The summed E-state index contributed by atoms with van der Waals surface area (Å²) >= 11 is 0. The molecule has 0 atom stereocenters. The molecule has 0 spiro atoms. The Bertz CT molecular complexity index is 2220. The molecule has 6 aromatic carbocycles. The zero-order chi connectivity index (χ0) is 41.4. The number of phenols is 8. The molecule has 0 unspecified atom stereocenters. The van der Waals surface area contributed by atoms with Crippen LogP contribution in [0.2, 0.25) is 0 Å². The van der Waals surface area contributed by atoms with Crippen molar-refractivity contribution in [3.05, 3.63) is 166 Å². The second-order valence-corrected chi connectivity index (χ2v) is 16.2. The third kappa shape index (κ3) is 7.16. The fourth-order valence-corrected chi connectivity index (χ4v) is 9.13. The van der Waals surface area contributed by atoms with Gasteiger partial charge in [-0.1, -0.05) is 90.1 Å². The predicted molar refractivity (Wildman–Crippen MR) is 223 cm³/mol. The van der Waals surface area contributed by atoms with Gasteiger partial charge in [0.2, 0.25) is 0 Å². The average molecular weight is 769 g/mol. The van der Waals surface area contributed by atoms with E-state index in [0.29, 0.717) is 28.7 Å². The van der Waals surface area contributed by atoms with Crippen LogP contribution in [0, 0.1) is 0 Å². The van der Waals surface area contributed by atoms with Crippen molar-refractivity contribution in [2.24, 2.45) is 0 Å². The molecule has 0 aliphatic rings. The molecular weight excluding hydrogens is 717 g/mol. The molecule has 8 heteroatoms. The Morgan fingerprint density at radius 3 is 1.04 bits per heavy atom. The van der Waals surface area contributed by atoms with Crippen LogP contribution in [-0.2, 0) is 16.2 Å². The molecule has 0 aliphatic heterocycles. The van der Waals surface area contributed by atoms with E-state index >= 15 is 0 Å². The van der Waals surface area contributed by atoms with Crippen molar-refractivity contribution in [3.63, 3.8) is 0 Å². The summed E-state index contributed by atoms with van der Waals surface area (Å²) in [5, 5.41) is 88.3. The average Bonchev–Trinajstić information content (AvgIpc) is 3.16. The lowest BCUT2D eigenvalue weighted by Gasteiger charge is -2.52. The molecule has 0 saturated carbocycles. The fraction of sp³-hybridized carbons (Fsp3) is 0.265. The maximum Gasteiger partial charge on any atom is 0.123 e. The van der Waals surface area contributed by atoms with E-state index in [-0.39, 0.29) is 64.3 Å². The number of aromatic hydroxyl groups is 8. The normalized spacial score (nSPS) is 12.4. The minimum atomic E-state index is -1.46. The fourth-order valence-electron chi connectivity index (χ4n) is 9.13. The second kappa shape index (κ2) is 15.3. The zero-order valence-electron chi connectivity index (χ0n) is 33.2. The van der Waals surface area contributed by atoms with Crippen LogP contribution in [-0.4, -0.2) is 40.9 Å². The first-order valence-corrected chi connectivity index (χ1v) is 19.2. The van der Waals surface area contributed by atoms with Crippen LogP contribution in [0.5, 0.6) is 46.0 Å². The molecule has 6 rings (SSSR count). The minimum Gasteiger partial charge on any atom is -0.508 e. The molecule has 0 aromatic heterocycles. The van der Waals surface area contributed by atoms with Gasteiger partial charge in [-0.05, 0) is 119 Å². The molecule has 0 saturated heterocycles. The highest BCUT2D eigenvalue weighted by molar-refractivity contribution is 5.63. The molecule has 0 bridgehead atoms. The van der Waals surface area contributed by atoms with Gasteiger partial charge in [0.25, 0.3) is 0 Å². The van der Waals surface area contributed by atoms with E-state index in [9.17, 15) is 40.9 Å². The van der Waals surface area contributed by atoms with Crippen molar-refractivity contribution in [1.29, 1.82) is 0 Å². The molecule has 8 N–H and O–H groups in total. The van der Waals surface area contributed by atoms with E-state index in [1.54, 1.807) is 84.9 Å². The van der Waals surface area contributed by atoms with Gasteiger partial charge >= 0.3 is 0 Å². The van der Waals surface area contributed by atoms with Crippen molar-refractivity contribution >= 4 is 0 Å². The summed E-state index contributed by atoms with van der Waals surface area (Å²) < 4.78 is 0. The Kier molecular flexibility index (Phi) is 10.9.